The molecule has 1 aliphatic rings. The molecule has 3 aromatic rings. The summed E-state index contributed by atoms with van der Waals surface area (Å²) in [6.07, 6.45) is 7.04. The minimum atomic E-state index is 0.310. The van der Waals surface area contributed by atoms with Crippen molar-refractivity contribution < 1.29 is 4.79 Å². The molecular formula is C22H22O. The smallest absolute Gasteiger partial charge is 0.164 e. The van der Waals surface area contributed by atoms with Gasteiger partial charge < -0.3 is 0 Å². The number of fused-ring (bicyclic) bond motifs is 2. The maximum Gasteiger partial charge on any atom is 0.164 e. The fraction of sp³-hybridized carbons (Fsp3) is 0.318. The van der Waals surface area contributed by atoms with Gasteiger partial charge in [0.1, 0.15) is 0 Å². The lowest BCUT2D eigenvalue weighted by Crippen LogP contribution is -2.04. The number of rotatable bonds is 4. The Hall–Kier alpha value is -2.15. The fourth-order valence-corrected chi connectivity index (χ4v) is 4.07. The van der Waals surface area contributed by atoms with Crippen molar-refractivity contribution in [1.29, 1.82) is 0 Å². The van der Waals surface area contributed by atoms with E-state index in [1.54, 1.807) is 0 Å². The molecule has 0 radical (unpaired) electrons. The second-order valence-corrected chi connectivity index (χ2v) is 6.81. The van der Waals surface area contributed by atoms with Crippen molar-refractivity contribution in [3.8, 4) is 0 Å². The van der Waals surface area contributed by atoms with Crippen molar-refractivity contribution in [2.45, 2.75) is 38.5 Å². The zero-order valence-electron chi connectivity index (χ0n) is 13.4. The lowest BCUT2D eigenvalue weighted by atomic mass is 9.91. The van der Waals surface area contributed by atoms with E-state index < -0.39 is 0 Å². The van der Waals surface area contributed by atoms with Gasteiger partial charge in [0, 0.05) is 12.0 Å². The first-order chi connectivity index (χ1) is 11.3. The van der Waals surface area contributed by atoms with Crippen LogP contribution in [0.25, 0.3) is 21.5 Å². The maximum atomic E-state index is 13.0. The Labute approximate surface area is 137 Å². The van der Waals surface area contributed by atoms with Gasteiger partial charge in [-0.25, -0.2) is 0 Å². The second kappa shape index (κ2) is 6.16. The molecule has 0 heterocycles. The summed E-state index contributed by atoms with van der Waals surface area (Å²) in [7, 11) is 0. The summed E-state index contributed by atoms with van der Waals surface area (Å²) >= 11 is 0. The van der Waals surface area contributed by atoms with Gasteiger partial charge in [-0.15, -0.1) is 0 Å². The monoisotopic (exact) mass is 302 g/mol. The van der Waals surface area contributed by atoms with Crippen LogP contribution in [0.1, 0.15) is 48.9 Å². The van der Waals surface area contributed by atoms with E-state index in [0.29, 0.717) is 12.2 Å². The topological polar surface area (TPSA) is 17.1 Å². The summed E-state index contributed by atoms with van der Waals surface area (Å²) in [5.74, 6) is 1.07. The Morgan fingerprint density at radius 1 is 0.870 bits per heavy atom. The summed E-state index contributed by atoms with van der Waals surface area (Å²) in [5.41, 5.74) is 0.927. The summed E-state index contributed by atoms with van der Waals surface area (Å²) < 4.78 is 0. The van der Waals surface area contributed by atoms with E-state index in [1.165, 1.54) is 25.7 Å². The molecule has 1 saturated carbocycles. The third kappa shape index (κ3) is 2.76. The first-order valence-corrected chi connectivity index (χ1v) is 8.76. The maximum absolute atomic E-state index is 13.0. The van der Waals surface area contributed by atoms with Crippen LogP contribution < -0.4 is 0 Å². The molecule has 116 valence electrons. The van der Waals surface area contributed by atoms with Gasteiger partial charge in [-0.05, 0) is 39.9 Å². The molecule has 0 amide bonds. The molecule has 0 aromatic heterocycles. The fourth-order valence-electron chi connectivity index (χ4n) is 4.07. The minimum absolute atomic E-state index is 0.310. The Balaban J connectivity index is 1.77. The Morgan fingerprint density at radius 3 is 2.04 bits per heavy atom. The standard InChI is InChI=1S/C22H22O/c23-21(14-13-16-7-1-2-8-16)22-19-11-5-3-9-17(19)15-18-10-4-6-12-20(18)22/h3-6,9-12,15-16H,1-2,7-8,13-14H2. The number of Topliss-reactive ketones (excluding diaryl/α,β-unsaturated/α-hetero) is 1. The molecule has 0 spiro atoms. The molecule has 0 unspecified atom stereocenters. The molecule has 0 atom stereocenters. The summed E-state index contributed by atoms with van der Waals surface area (Å²) in [6.45, 7) is 0. The van der Waals surface area contributed by atoms with Crippen molar-refractivity contribution >= 4 is 27.3 Å². The van der Waals surface area contributed by atoms with Crippen LogP contribution in [0.4, 0.5) is 0 Å². The predicted molar refractivity (Wildman–Crippen MR) is 97.0 cm³/mol. The van der Waals surface area contributed by atoms with Crippen LogP contribution in [-0.2, 0) is 0 Å². The van der Waals surface area contributed by atoms with Crippen molar-refractivity contribution in [2.24, 2.45) is 5.92 Å². The van der Waals surface area contributed by atoms with Gasteiger partial charge in [0.05, 0.1) is 0 Å². The van der Waals surface area contributed by atoms with E-state index in [9.17, 15) is 4.79 Å². The molecule has 4 rings (SSSR count). The van der Waals surface area contributed by atoms with Crippen LogP contribution in [-0.4, -0.2) is 5.78 Å². The van der Waals surface area contributed by atoms with Crippen molar-refractivity contribution in [1.82, 2.24) is 0 Å². The van der Waals surface area contributed by atoms with Crippen molar-refractivity contribution in [3.05, 3.63) is 60.2 Å². The van der Waals surface area contributed by atoms with Crippen molar-refractivity contribution in [2.75, 3.05) is 0 Å². The highest BCUT2D eigenvalue weighted by atomic mass is 16.1. The van der Waals surface area contributed by atoms with E-state index in [1.807, 2.05) is 24.3 Å². The van der Waals surface area contributed by atoms with E-state index in [2.05, 4.69) is 30.3 Å². The number of hydrogen-bond acceptors (Lipinski definition) is 1. The van der Waals surface area contributed by atoms with Crippen LogP contribution >= 0.6 is 0 Å². The summed E-state index contributed by atoms with van der Waals surface area (Å²) in [4.78, 5) is 13.0. The lowest BCUT2D eigenvalue weighted by Gasteiger charge is -2.12. The van der Waals surface area contributed by atoms with E-state index in [4.69, 9.17) is 0 Å². The molecule has 23 heavy (non-hydrogen) atoms. The average molecular weight is 302 g/mol. The Kier molecular flexibility index (Phi) is 3.87. The van der Waals surface area contributed by atoms with Gasteiger partial charge in [-0.3, -0.25) is 4.79 Å². The van der Waals surface area contributed by atoms with Crippen LogP contribution in [0, 0.1) is 5.92 Å². The molecule has 3 aromatic carbocycles. The van der Waals surface area contributed by atoms with Gasteiger partial charge in [0.15, 0.2) is 5.78 Å². The highest BCUT2D eigenvalue weighted by Crippen LogP contribution is 2.32. The van der Waals surface area contributed by atoms with Crippen LogP contribution in [0.3, 0.4) is 0 Å². The Morgan fingerprint density at radius 2 is 1.43 bits per heavy atom. The van der Waals surface area contributed by atoms with E-state index in [0.717, 1.165) is 39.4 Å². The molecule has 1 nitrogen and oxygen atoms in total. The minimum Gasteiger partial charge on any atom is -0.294 e. The molecule has 1 fully saturated rings. The molecule has 0 aliphatic heterocycles. The number of carbonyl (C=O) groups is 1. The third-order valence-electron chi connectivity index (χ3n) is 5.30. The first kappa shape index (κ1) is 14.4. The normalized spacial score (nSPS) is 15.5. The highest BCUT2D eigenvalue weighted by molar-refractivity contribution is 6.18. The molecule has 1 heteroatoms. The lowest BCUT2D eigenvalue weighted by molar-refractivity contribution is 0.0977. The zero-order chi connectivity index (χ0) is 15.6. The number of ketones is 1. The largest absolute Gasteiger partial charge is 0.294 e. The quantitative estimate of drug-likeness (QED) is 0.417. The SMILES string of the molecule is O=C(CCC1CCCC1)c1c2ccccc2cc2ccccc12. The molecule has 0 N–H and O–H groups in total. The second-order valence-electron chi connectivity index (χ2n) is 6.81. The molecule has 0 saturated heterocycles. The van der Waals surface area contributed by atoms with Gasteiger partial charge >= 0.3 is 0 Å². The number of benzene rings is 3. The van der Waals surface area contributed by atoms with E-state index in [-0.39, 0.29) is 0 Å². The molecule has 0 bridgehead atoms. The molecule has 1 aliphatic carbocycles. The van der Waals surface area contributed by atoms with Gasteiger partial charge in [-0.2, -0.15) is 0 Å². The Bertz CT molecular complexity index is 802. The summed E-state index contributed by atoms with van der Waals surface area (Å²) in [6, 6.07) is 18.7. The summed E-state index contributed by atoms with van der Waals surface area (Å²) in [5, 5.41) is 4.52. The van der Waals surface area contributed by atoms with Gasteiger partial charge in [0.2, 0.25) is 0 Å². The zero-order valence-corrected chi connectivity index (χ0v) is 13.4. The predicted octanol–water partition coefficient (Wildman–Crippen LogP) is 6.15. The molecular weight excluding hydrogens is 280 g/mol. The van der Waals surface area contributed by atoms with Gasteiger partial charge in [-0.1, -0.05) is 74.2 Å². The van der Waals surface area contributed by atoms with Crippen LogP contribution in [0.15, 0.2) is 54.6 Å². The number of hydrogen-bond donors (Lipinski definition) is 0. The first-order valence-electron chi connectivity index (χ1n) is 8.76. The van der Waals surface area contributed by atoms with Crippen LogP contribution in [0.2, 0.25) is 0 Å². The highest BCUT2D eigenvalue weighted by Gasteiger charge is 2.19. The van der Waals surface area contributed by atoms with Gasteiger partial charge in [0.25, 0.3) is 0 Å². The number of carbonyl (C=O) groups excluding carboxylic acids is 1. The van der Waals surface area contributed by atoms with Crippen LogP contribution in [0.5, 0.6) is 0 Å². The van der Waals surface area contributed by atoms with E-state index >= 15 is 0 Å². The average Bonchev–Trinajstić information content (AvgIpc) is 3.11. The van der Waals surface area contributed by atoms with Crippen molar-refractivity contribution in [3.63, 3.8) is 0 Å². The third-order valence-corrected chi connectivity index (χ3v) is 5.30.